The van der Waals surface area contributed by atoms with Gasteiger partial charge in [-0.15, -0.1) is 6.58 Å². The molecule has 0 radical (unpaired) electrons. The molecule has 0 aliphatic rings. The van der Waals surface area contributed by atoms with Gasteiger partial charge in [0.2, 0.25) is 0 Å². The van der Waals surface area contributed by atoms with Gasteiger partial charge >= 0.3 is 5.97 Å². The molecule has 0 aliphatic carbocycles. The Kier molecular flexibility index (Phi) is 11.3. The second-order valence-corrected chi connectivity index (χ2v) is 5.09. The van der Waals surface area contributed by atoms with Gasteiger partial charge < -0.3 is 20.1 Å². The highest BCUT2D eigenvalue weighted by molar-refractivity contribution is 5.77. The third kappa shape index (κ3) is 7.03. The van der Waals surface area contributed by atoms with Crippen LogP contribution < -0.4 is 0 Å². The lowest BCUT2D eigenvalue weighted by Gasteiger charge is -2.24. The van der Waals surface area contributed by atoms with Crippen LogP contribution in [0.25, 0.3) is 0 Å². The maximum atomic E-state index is 11.7. The second-order valence-electron chi connectivity index (χ2n) is 5.09. The van der Waals surface area contributed by atoms with Crippen molar-refractivity contribution in [3.63, 3.8) is 0 Å². The monoisotopic (exact) mass is 288 g/mol. The second kappa shape index (κ2) is 11.9. The van der Waals surface area contributed by atoms with E-state index in [1.165, 1.54) is 12.8 Å². The van der Waals surface area contributed by atoms with Gasteiger partial charge in [-0.3, -0.25) is 4.79 Å². The van der Waals surface area contributed by atoms with Crippen LogP contribution >= 0.6 is 0 Å². The summed E-state index contributed by atoms with van der Waals surface area (Å²) in [4.78, 5) is 11.7. The average Bonchev–Trinajstić information content (AvgIpc) is 2.48. The first-order valence-electron chi connectivity index (χ1n) is 7.27. The zero-order valence-electron chi connectivity index (χ0n) is 12.2. The van der Waals surface area contributed by atoms with E-state index >= 15 is 0 Å². The van der Waals surface area contributed by atoms with Crippen LogP contribution in [0.15, 0.2) is 12.7 Å². The Balaban J connectivity index is 3.64. The van der Waals surface area contributed by atoms with Crippen LogP contribution in [-0.2, 0) is 9.53 Å². The number of unbranched alkanes of at least 4 members (excludes halogenated alkanes) is 6. The molecule has 0 saturated carbocycles. The fourth-order valence-electron chi connectivity index (χ4n) is 1.76. The molecular weight excluding hydrogens is 260 g/mol. The normalized spacial score (nSPS) is 11.3. The zero-order chi connectivity index (χ0) is 15.3. The van der Waals surface area contributed by atoms with Crippen LogP contribution in [-0.4, -0.2) is 47.7 Å². The van der Waals surface area contributed by atoms with Crippen molar-refractivity contribution < 1.29 is 24.9 Å². The highest BCUT2D eigenvalue weighted by atomic mass is 16.5. The molecule has 0 aromatic rings. The minimum Gasteiger partial charge on any atom is -0.465 e. The van der Waals surface area contributed by atoms with Crippen molar-refractivity contribution in [2.45, 2.75) is 44.9 Å². The van der Waals surface area contributed by atoms with Gasteiger partial charge in [0.15, 0.2) is 0 Å². The summed E-state index contributed by atoms with van der Waals surface area (Å²) in [5, 5.41) is 27.2. The molecule has 0 unspecified atom stereocenters. The van der Waals surface area contributed by atoms with E-state index in [2.05, 4.69) is 6.58 Å². The summed E-state index contributed by atoms with van der Waals surface area (Å²) in [7, 11) is 0. The summed E-state index contributed by atoms with van der Waals surface area (Å²) in [6.07, 6.45) is 9.34. The SMILES string of the molecule is C=CCCCCCCCCOC(=O)C(CO)(CO)CO. The molecule has 0 aromatic carbocycles. The molecule has 20 heavy (non-hydrogen) atoms. The van der Waals surface area contributed by atoms with E-state index in [-0.39, 0.29) is 6.61 Å². The number of hydrogen-bond acceptors (Lipinski definition) is 5. The molecular formula is C15H28O5. The molecule has 5 heteroatoms. The topological polar surface area (TPSA) is 87.0 Å². The molecule has 0 aliphatic heterocycles. The molecule has 0 heterocycles. The number of carbonyl (C=O) groups is 1. The Labute approximate surface area is 121 Å². The van der Waals surface area contributed by atoms with E-state index in [0.717, 1.165) is 32.1 Å². The highest BCUT2D eigenvalue weighted by Crippen LogP contribution is 2.17. The summed E-state index contributed by atoms with van der Waals surface area (Å²) < 4.78 is 4.99. The van der Waals surface area contributed by atoms with Crippen molar-refractivity contribution in [1.29, 1.82) is 0 Å². The minimum atomic E-state index is -1.58. The van der Waals surface area contributed by atoms with Crippen molar-refractivity contribution in [1.82, 2.24) is 0 Å². The Morgan fingerprint density at radius 2 is 1.45 bits per heavy atom. The molecule has 0 aromatic heterocycles. The maximum absolute atomic E-state index is 11.7. The Morgan fingerprint density at radius 3 is 1.95 bits per heavy atom. The molecule has 118 valence electrons. The predicted octanol–water partition coefficient (Wildman–Crippen LogP) is 1.41. The summed E-state index contributed by atoms with van der Waals surface area (Å²) in [5.41, 5.74) is -1.58. The molecule has 0 bridgehead atoms. The van der Waals surface area contributed by atoms with Crippen molar-refractivity contribution in [3.05, 3.63) is 12.7 Å². The van der Waals surface area contributed by atoms with Gasteiger partial charge in [-0.25, -0.2) is 0 Å². The van der Waals surface area contributed by atoms with E-state index < -0.39 is 31.2 Å². The molecule has 0 fully saturated rings. The Hall–Kier alpha value is -0.910. The molecule has 0 saturated heterocycles. The van der Waals surface area contributed by atoms with E-state index in [4.69, 9.17) is 20.1 Å². The van der Waals surface area contributed by atoms with Gasteiger partial charge in [-0.2, -0.15) is 0 Å². The smallest absolute Gasteiger partial charge is 0.319 e. The fraction of sp³-hybridized carbons (Fsp3) is 0.800. The third-order valence-corrected chi connectivity index (χ3v) is 3.38. The highest BCUT2D eigenvalue weighted by Gasteiger charge is 2.38. The molecule has 3 N–H and O–H groups in total. The van der Waals surface area contributed by atoms with Gasteiger partial charge in [-0.1, -0.05) is 31.8 Å². The molecule has 0 atom stereocenters. The van der Waals surface area contributed by atoms with Gasteiger partial charge in [-0.05, 0) is 19.3 Å². The first kappa shape index (κ1) is 19.1. The summed E-state index contributed by atoms with van der Waals surface area (Å²) in [6.45, 7) is 2.06. The van der Waals surface area contributed by atoms with E-state index in [0.29, 0.717) is 0 Å². The van der Waals surface area contributed by atoms with E-state index in [9.17, 15) is 4.79 Å². The van der Waals surface area contributed by atoms with Crippen LogP contribution in [0.4, 0.5) is 0 Å². The summed E-state index contributed by atoms with van der Waals surface area (Å²) >= 11 is 0. The van der Waals surface area contributed by atoms with Crippen molar-refractivity contribution >= 4 is 5.97 Å². The minimum absolute atomic E-state index is 0.257. The van der Waals surface area contributed by atoms with Crippen LogP contribution in [0.2, 0.25) is 0 Å². The summed E-state index contributed by atoms with van der Waals surface area (Å²) in [5.74, 6) is -0.740. The van der Waals surface area contributed by atoms with Gasteiger partial charge in [0, 0.05) is 0 Å². The first-order chi connectivity index (χ1) is 9.66. The first-order valence-corrected chi connectivity index (χ1v) is 7.27. The largest absolute Gasteiger partial charge is 0.465 e. The quantitative estimate of drug-likeness (QED) is 0.271. The van der Waals surface area contributed by atoms with E-state index in [1.54, 1.807) is 0 Å². The Morgan fingerprint density at radius 1 is 0.950 bits per heavy atom. The third-order valence-electron chi connectivity index (χ3n) is 3.38. The number of aliphatic hydroxyl groups is 3. The van der Waals surface area contributed by atoms with Crippen molar-refractivity contribution in [2.75, 3.05) is 26.4 Å². The number of esters is 1. The number of hydrogen-bond donors (Lipinski definition) is 3. The predicted molar refractivity (Wildman–Crippen MR) is 77.2 cm³/mol. The van der Waals surface area contributed by atoms with Gasteiger partial charge in [0.05, 0.1) is 26.4 Å². The standard InChI is InChI=1S/C15H28O5/c1-2-3-4-5-6-7-8-9-10-20-14(19)15(11-16,12-17)13-18/h2,16-18H,1,3-13H2. The number of rotatable bonds is 13. The van der Waals surface area contributed by atoms with Crippen LogP contribution in [0.5, 0.6) is 0 Å². The molecule has 5 nitrogen and oxygen atoms in total. The maximum Gasteiger partial charge on any atom is 0.319 e. The number of carbonyl (C=O) groups excluding carboxylic acids is 1. The molecule has 0 rings (SSSR count). The van der Waals surface area contributed by atoms with E-state index in [1.807, 2.05) is 6.08 Å². The Bertz CT molecular complexity index is 253. The van der Waals surface area contributed by atoms with Crippen molar-refractivity contribution in [2.24, 2.45) is 5.41 Å². The lowest BCUT2D eigenvalue weighted by atomic mass is 9.91. The van der Waals surface area contributed by atoms with Gasteiger partial charge in [0.1, 0.15) is 5.41 Å². The number of allylic oxidation sites excluding steroid dienone is 1. The molecule has 0 spiro atoms. The molecule has 0 amide bonds. The summed E-state index contributed by atoms with van der Waals surface area (Å²) in [6, 6.07) is 0. The fourth-order valence-corrected chi connectivity index (χ4v) is 1.76. The lowest BCUT2D eigenvalue weighted by molar-refractivity contribution is -0.165. The van der Waals surface area contributed by atoms with Crippen LogP contribution in [0.3, 0.4) is 0 Å². The lowest BCUT2D eigenvalue weighted by Crippen LogP contribution is -2.43. The van der Waals surface area contributed by atoms with Gasteiger partial charge in [0.25, 0.3) is 0 Å². The average molecular weight is 288 g/mol. The zero-order valence-corrected chi connectivity index (χ0v) is 12.2. The number of ether oxygens (including phenoxy) is 1. The van der Waals surface area contributed by atoms with Crippen molar-refractivity contribution in [3.8, 4) is 0 Å². The van der Waals surface area contributed by atoms with Crippen LogP contribution in [0, 0.1) is 5.41 Å². The van der Waals surface area contributed by atoms with Crippen LogP contribution in [0.1, 0.15) is 44.9 Å². The number of aliphatic hydroxyl groups excluding tert-OH is 3.